The molecule has 3 rings (SSSR count). The molecule has 1 aromatic rings. The van der Waals surface area contributed by atoms with E-state index in [1.807, 2.05) is 0 Å². The molecule has 0 amide bonds. The van der Waals surface area contributed by atoms with Crippen molar-refractivity contribution in [3.8, 4) is 0 Å². The van der Waals surface area contributed by atoms with E-state index < -0.39 is 0 Å². The first kappa shape index (κ1) is 10.5. The van der Waals surface area contributed by atoms with Crippen molar-refractivity contribution < 1.29 is 4.79 Å². The molecule has 0 aliphatic heterocycles. The van der Waals surface area contributed by atoms with Crippen LogP contribution in [-0.2, 0) is 12.8 Å². The van der Waals surface area contributed by atoms with E-state index in [0.29, 0.717) is 17.1 Å². The van der Waals surface area contributed by atoms with Gasteiger partial charge < -0.3 is 0 Å². The Kier molecular flexibility index (Phi) is 1.96. The van der Waals surface area contributed by atoms with Crippen LogP contribution in [0.3, 0.4) is 0 Å². The molecule has 2 heteroatoms. The zero-order valence-corrected chi connectivity index (χ0v) is 11.2. The van der Waals surface area contributed by atoms with Crippen molar-refractivity contribution in [1.29, 1.82) is 0 Å². The Morgan fingerprint density at radius 1 is 1.19 bits per heavy atom. The first-order valence-electron chi connectivity index (χ1n) is 6.09. The van der Waals surface area contributed by atoms with Crippen LogP contribution >= 0.6 is 11.3 Å². The van der Waals surface area contributed by atoms with Gasteiger partial charge >= 0.3 is 0 Å². The predicted octanol–water partition coefficient (Wildman–Crippen LogP) is 3.81. The van der Waals surface area contributed by atoms with Gasteiger partial charge in [0.1, 0.15) is 0 Å². The second-order valence-corrected chi connectivity index (χ2v) is 7.31. The van der Waals surface area contributed by atoms with Crippen LogP contribution < -0.4 is 0 Å². The number of ketones is 1. The van der Waals surface area contributed by atoms with Crippen LogP contribution in [0.25, 0.3) is 0 Å². The number of hydrogen-bond acceptors (Lipinski definition) is 2. The SMILES string of the molecule is CC1C(=O)c2sc3c(c2C1C)CC(C)(C)C3. The summed E-state index contributed by atoms with van der Waals surface area (Å²) in [6.45, 7) is 8.95. The van der Waals surface area contributed by atoms with Crippen LogP contribution in [0.5, 0.6) is 0 Å². The summed E-state index contributed by atoms with van der Waals surface area (Å²) in [6.07, 6.45) is 2.33. The lowest BCUT2D eigenvalue weighted by atomic mass is 9.88. The number of Topliss-reactive ketones (excluding diaryl/α,β-unsaturated/α-hetero) is 1. The molecule has 0 radical (unpaired) electrons. The number of carbonyl (C=O) groups excluding carboxylic acids is 1. The van der Waals surface area contributed by atoms with Gasteiger partial charge in [-0.1, -0.05) is 27.7 Å². The third kappa shape index (κ3) is 1.20. The molecule has 2 atom stereocenters. The fourth-order valence-electron chi connectivity index (χ4n) is 3.19. The van der Waals surface area contributed by atoms with E-state index >= 15 is 0 Å². The van der Waals surface area contributed by atoms with Crippen LogP contribution in [0.15, 0.2) is 0 Å². The summed E-state index contributed by atoms with van der Waals surface area (Å²) in [6, 6.07) is 0. The second-order valence-electron chi connectivity index (χ2n) is 6.21. The smallest absolute Gasteiger partial charge is 0.176 e. The maximum Gasteiger partial charge on any atom is 0.176 e. The molecule has 0 saturated carbocycles. The zero-order valence-electron chi connectivity index (χ0n) is 10.4. The van der Waals surface area contributed by atoms with E-state index in [9.17, 15) is 4.79 Å². The van der Waals surface area contributed by atoms with Crippen LogP contribution in [0.4, 0.5) is 0 Å². The molecule has 0 spiro atoms. The Bertz CT molecular complexity index is 481. The monoisotopic (exact) mass is 234 g/mol. The van der Waals surface area contributed by atoms with Crippen LogP contribution in [0.2, 0.25) is 0 Å². The highest BCUT2D eigenvalue weighted by Gasteiger charge is 2.42. The summed E-state index contributed by atoms with van der Waals surface area (Å²) < 4.78 is 0. The Balaban J connectivity index is 2.14. The van der Waals surface area contributed by atoms with Crippen molar-refractivity contribution in [2.45, 2.75) is 46.5 Å². The molecule has 0 aromatic carbocycles. The van der Waals surface area contributed by atoms with E-state index in [-0.39, 0.29) is 5.92 Å². The molecule has 1 heterocycles. The molecule has 0 saturated heterocycles. The zero-order chi connectivity index (χ0) is 11.7. The largest absolute Gasteiger partial charge is 0.293 e. The summed E-state index contributed by atoms with van der Waals surface area (Å²) in [4.78, 5) is 14.7. The highest BCUT2D eigenvalue weighted by atomic mass is 32.1. The first-order valence-corrected chi connectivity index (χ1v) is 6.91. The molecular formula is C14H18OS. The average molecular weight is 234 g/mol. The van der Waals surface area contributed by atoms with Gasteiger partial charge in [-0.15, -0.1) is 11.3 Å². The van der Waals surface area contributed by atoms with Crippen molar-refractivity contribution in [3.63, 3.8) is 0 Å². The molecule has 2 unspecified atom stereocenters. The quantitative estimate of drug-likeness (QED) is 0.667. The fourth-order valence-corrected chi connectivity index (χ4v) is 4.91. The van der Waals surface area contributed by atoms with E-state index in [1.54, 1.807) is 11.3 Å². The molecule has 1 nitrogen and oxygen atoms in total. The Hall–Kier alpha value is -0.630. The maximum absolute atomic E-state index is 12.1. The minimum atomic E-state index is 0.204. The summed E-state index contributed by atoms with van der Waals surface area (Å²) in [5, 5.41) is 0. The van der Waals surface area contributed by atoms with Crippen molar-refractivity contribution in [2.24, 2.45) is 11.3 Å². The van der Waals surface area contributed by atoms with Crippen LogP contribution in [0.1, 0.15) is 59.3 Å². The van der Waals surface area contributed by atoms with Gasteiger partial charge in [-0.3, -0.25) is 4.79 Å². The van der Waals surface area contributed by atoms with Gasteiger partial charge in [0.15, 0.2) is 5.78 Å². The van der Waals surface area contributed by atoms with E-state index in [4.69, 9.17) is 0 Å². The van der Waals surface area contributed by atoms with Gasteiger partial charge in [0.2, 0.25) is 0 Å². The lowest BCUT2D eigenvalue weighted by Gasteiger charge is -2.16. The molecule has 0 N–H and O–H groups in total. The van der Waals surface area contributed by atoms with Crippen molar-refractivity contribution in [2.75, 3.05) is 0 Å². The third-order valence-electron chi connectivity index (χ3n) is 4.27. The Labute approximate surface area is 101 Å². The first-order chi connectivity index (χ1) is 7.41. The van der Waals surface area contributed by atoms with Crippen LogP contribution in [0, 0.1) is 11.3 Å². The van der Waals surface area contributed by atoms with Gasteiger partial charge in [0.25, 0.3) is 0 Å². The van der Waals surface area contributed by atoms with E-state index in [1.165, 1.54) is 22.4 Å². The molecular weight excluding hydrogens is 216 g/mol. The number of rotatable bonds is 0. The second kappa shape index (κ2) is 2.98. The third-order valence-corrected chi connectivity index (χ3v) is 5.53. The van der Waals surface area contributed by atoms with Gasteiger partial charge in [0.05, 0.1) is 4.88 Å². The minimum absolute atomic E-state index is 0.204. The Morgan fingerprint density at radius 2 is 1.88 bits per heavy atom. The lowest BCUT2D eigenvalue weighted by Crippen LogP contribution is -2.10. The fraction of sp³-hybridized carbons (Fsp3) is 0.643. The predicted molar refractivity (Wildman–Crippen MR) is 67.4 cm³/mol. The standard InChI is InChI=1S/C14H18OS/c1-7-8(2)12(15)13-11(7)9-5-14(3,4)6-10(9)16-13/h7-8H,5-6H2,1-4H3. The molecule has 2 aliphatic carbocycles. The molecule has 1 aromatic heterocycles. The van der Waals surface area contributed by atoms with Gasteiger partial charge in [-0.05, 0) is 35.3 Å². The van der Waals surface area contributed by atoms with E-state index in [0.717, 1.165) is 11.3 Å². The summed E-state index contributed by atoms with van der Waals surface area (Å²) in [7, 11) is 0. The van der Waals surface area contributed by atoms with Gasteiger partial charge in [0, 0.05) is 10.8 Å². The molecule has 16 heavy (non-hydrogen) atoms. The van der Waals surface area contributed by atoms with Gasteiger partial charge in [-0.2, -0.15) is 0 Å². The van der Waals surface area contributed by atoms with Gasteiger partial charge in [-0.25, -0.2) is 0 Å². The topological polar surface area (TPSA) is 17.1 Å². The van der Waals surface area contributed by atoms with E-state index in [2.05, 4.69) is 27.7 Å². The highest BCUT2D eigenvalue weighted by molar-refractivity contribution is 7.14. The molecule has 86 valence electrons. The lowest BCUT2D eigenvalue weighted by molar-refractivity contribution is 0.0940. The normalized spacial score (nSPS) is 30.6. The van der Waals surface area contributed by atoms with Crippen molar-refractivity contribution in [1.82, 2.24) is 0 Å². The maximum atomic E-state index is 12.1. The minimum Gasteiger partial charge on any atom is -0.293 e. The number of carbonyl (C=O) groups is 1. The van der Waals surface area contributed by atoms with Crippen LogP contribution in [-0.4, -0.2) is 5.78 Å². The summed E-state index contributed by atoms with van der Waals surface area (Å²) >= 11 is 1.78. The Morgan fingerprint density at radius 3 is 2.56 bits per heavy atom. The highest BCUT2D eigenvalue weighted by Crippen LogP contribution is 2.51. The number of thiophene rings is 1. The molecule has 2 aliphatic rings. The molecule has 0 bridgehead atoms. The summed E-state index contributed by atoms with van der Waals surface area (Å²) in [5.74, 6) is 1.03. The number of fused-ring (bicyclic) bond motifs is 3. The van der Waals surface area contributed by atoms with Crippen molar-refractivity contribution >= 4 is 17.1 Å². The number of hydrogen-bond donors (Lipinski definition) is 0. The molecule has 0 fully saturated rings. The van der Waals surface area contributed by atoms with Crippen molar-refractivity contribution in [3.05, 3.63) is 20.9 Å². The summed E-state index contributed by atoms with van der Waals surface area (Å²) in [5.41, 5.74) is 3.34. The average Bonchev–Trinajstić information content (AvgIpc) is 2.71.